The smallest absolute Gasteiger partial charge is 0.0663 e. The molecule has 2 heteroatoms. The van der Waals surface area contributed by atoms with Gasteiger partial charge in [-0.05, 0) is 32.1 Å². The zero-order valence-electron chi connectivity index (χ0n) is 10.1. The second-order valence-electron chi connectivity index (χ2n) is 6.03. The van der Waals surface area contributed by atoms with Crippen LogP contribution in [0.1, 0.15) is 64.2 Å². The van der Waals surface area contributed by atoms with Crippen LogP contribution in [0.5, 0.6) is 0 Å². The molecular weight excluding hydrogens is 220 g/mol. The first kappa shape index (κ1) is 11.3. The van der Waals surface area contributed by atoms with E-state index in [1.807, 2.05) is 0 Å². The molecule has 0 aliphatic heterocycles. The van der Waals surface area contributed by atoms with Crippen molar-refractivity contribution >= 4 is 11.6 Å². The molecule has 2 atom stereocenters. The lowest BCUT2D eigenvalue weighted by Crippen LogP contribution is -2.57. The highest BCUT2D eigenvalue weighted by molar-refractivity contribution is 6.21. The number of ether oxygens (including phenoxy) is 1. The van der Waals surface area contributed by atoms with Gasteiger partial charge in [-0.15, -0.1) is 11.6 Å². The molecule has 0 aromatic heterocycles. The van der Waals surface area contributed by atoms with Crippen molar-refractivity contribution in [3.05, 3.63) is 0 Å². The van der Waals surface area contributed by atoms with E-state index in [1.54, 1.807) is 0 Å². The van der Waals surface area contributed by atoms with E-state index in [0.717, 1.165) is 6.42 Å². The van der Waals surface area contributed by atoms with Crippen LogP contribution in [0.15, 0.2) is 0 Å². The van der Waals surface area contributed by atoms with Crippen molar-refractivity contribution < 1.29 is 4.74 Å². The molecule has 3 aliphatic rings. The van der Waals surface area contributed by atoms with Crippen LogP contribution in [0.2, 0.25) is 0 Å². The van der Waals surface area contributed by atoms with Crippen molar-refractivity contribution in [2.45, 2.75) is 81.8 Å². The van der Waals surface area contributed by atoms with Gasteiger partial charge in [-0.2, -0.15) is 0 Å². The number of hydrogen-bond acceptors (Lipinski definition) is 1. The lowest BCUT2D eigenvalue weighted by molar-refractivity contribution is -0.150. The standard InChI is InChI=1S/C14H23ClO/c15-12-10-13(16-11-6-2-3-7-11)14(12)8-4-1-5-9-14/h11-13H,1-10H2. The number of rotatable bonds is 2. The first-order valence-corrected chi connectivity index (χ1v) is 7.54. The molecule has 1 nitrogen and oxygen atoms in total. The van der Waals surface area contributed by atoms with E-state index in [0.29, 0.717) is 23.0 Å². The van der Waals surface area contributed by atoms with Gasteiger partial charge in [0.2, 0.25) is 0 Å². The predicted octanol–water partition coefficient (Wildman–Crippen LogP) is 4.28. The molecule has 16 heavy (non-hydrogen) atoms. The SMILES string of the molecule is ClC1CC(OC2CCCC2)C12CCCCC2. The Balaban J connectivity index is 1.62. The molecule has 92 valence electrons. The van der Waals surface area contributed by atoms with E-state index in [2.05, 4.69) is 0 Å². The molecule has 0 aromatic rings. The fourth-order valence-corrected chi connectivity index (χ4v) is 4.51. The van der Waals surface area contributed by atoms with Gasteiger partial charge in [-0.1, -0.05) is 32.1 Å². The van der Waals surface area contributed by atoms with E-state index < -0.39 is 0 Å². The van der Waals surface area contributed by atoms with Crippen molar-refractivity contribution in [1.29, 1.82) is 0 Å². The molecule has 2 unspecified atom stereocenters. The normalized spacial score (nSPS) is 38.8. The second-order valence-corrected chi connectivity index (χ2v) is 6.56. The summed E-state index contributed by atoms with van der Waals surface area (Å²) in [6, 6.07) is 0. The predicted molar refractivity (Wildman–Crippen MR) is 66.9 cm³/mol. The fourth-order valence-electron chi connectivity index (χ4n) is 3.99. The summed E-state index contributed by atoms with van der Waals surface area (Å²) in [5, 5.41) is 0.402. The summed E-state index contributed by atoms with van der Waals surface area (Å²) in [5.41, 5.74) is 0.377. The molecule has 3 saturated carbocycles. The third-order valence-electron chi connectivity index (χ3n) is 5.13. The Bertz CT molecular complexity index is 241. The van der Waals surface area contributed by atoms with Crippen molar-refractivity contribution in [3.63, 3.8) is 0 Å². The van der Waals surface area contributed by atoms with Crippen LogP contribution in [-0.4, -0.2) is 17.6 Å². The van der Waals surface area contributed by atoms with Gasteiger partial charge < -0.3 is 4.74 Å². The van der Waals surface area contributed by atoms with Crippen molar-refractivity contribution in [3.8, 4) is 0 Å². The molecular formula is C14H23ClO. The molecule has 3 rings (SSSR count). The molecule has 0 N–H and O–H groups in total. The third kappa shape index (κ3) is 1.80. The highest BCUT2D eigenvalue weighted by Crippen LogP contribution is 2.56. The molecule has 0 heterocycles. The number of hydrogen-bond donors (Lipinski definition) is 0. The van der Waals surface area contributed by atoms with Gasteiger partial charge in [0.15, 0.2) is 0 Å². The van der Waals surface area contributed by atoms with E-state index in [-0.39, 0.29) is 0 Å². The average molecular weight is 243 g/mol. The van der Waals surface area contributed by atoms with Gasteiger partial charge in [0.1, 0.15) is 0 Å². The second kappa shape index (κ2) is 4.49. The summed E-state index contributed by atoms with van der Waals surface area (Å²) in [6.45, 7) is 0. The lowest BCUT2D eigenvalue weighted by Gasteiger charge is -2.56. The van der Waals surface area contributed by atoms with Gasteiger partial charge in [-0.3, -0.25) is 0 Å². The molecule has 3 fully saturated rings. The minimum atomic E-state index is 0.377. The fraction of sp³-hybridized carbons (Fsp3) is 1.00. The quantitative estimate of drug-likeness (QED) is 0.657. The highest BCUT2D eigenvalue weighted by Gasteiger charge is 2.55. The minimum absolute atomic E-state index is 0.377. The van der Waals surface area contributed by atoms with Crippen molar-refractivity contribution in [2.75, 3.05) is 0 Å². The maximum atomic E-state index is 6.48. The summed E-state index contributed by atoms with van der Waals surface area (Å²) in [5.74, 6) is 0. The molecule has 0 bridgehead atoms. The van der Waals surface area contributed by atoms with Crippen LogP contribution in [0.25, 0.3) is 0 Å². The summed E-state index contributed by atoms with van der Waals surface area (Å²) in [4.78, 5) is 0. The summed E-state index contributed by atoms with van der Waals surface area (Å²) in [7, 11) is 0. The Morgan fingerprint density at radius 3 is 2.25 bits per heavy atom. The number of halogens is 1. The van der Waals surface area contributed by atoms with Crippen LogP contribution < -0.4 is 0 Å². The average Bonchev–Trinajstić information content (AvgIpc) is 2.83. The van der Waals surface area contributed by atoms with Crippen molar-refractivity contribution in [2.24, 2.45) is 5.41 Å². The summed E-state index contributed by atoms with van der Waals surface area (Å²) >= 11 is 6.48. The molecule has 0 amide bonds. The molecule has 0 saturated heterocycles. The van der Waals surface area contributed by atoms with Gasteiger partial charge in [-0.25, -0.2) is 0 Å². The Kier molecular flexibility index (Phi) is 3.19. The van der Waals surface area contributed by atoms with Gasteiger partial charge in [0.25, 0.3) is 0 Å². The maximum absolute atomic E-state index is 6.48. The Labute approximate surface area is 104 Å². The monoisotopic (exact) mass is 242 g/mol. The van der Waals surface area contributed by atoms with Crippen LogP contribution in [-0.2, 0) is 4.74 Å². The molecule has 3 aliphatic carbocycles. The summed E-state index contributed by atoms with van der Waals surface area (Å²) in [6.07, 6.45) is 14.3. The van der Waals surface area contributed by atoms with E-state index >= 15 is 0 Å². The molecule has 0 aromatic carbocycles. The third-order valence-corrected chi connectivity index (χ3v) is 5.74. The summed E-state index contributed by atoms with van der Waals surface area (Å²) < 4.78 is 6.33. The van der Waals surface area contributed by atoms with Crippen LogP contribution in [0, 0.1) is 5.41 Å². The van der Waals surface area contributed by atoms with Crippen LogP contribution in [0.3, 0.4) is 0 Å². The molecule has 1 spiro atoms. The van der Waals surface area contributed by atoms with E-state index in [4.69, 9.17) is 16.3 Å². The van der Waals surface area contributed by atoms with E-state index in [9.17, 15) is 0 Å². The first-order valence-electron chi connectivity index (χ1n) is 7.11. The maximum Gasteiger partial charge on any atom is 0.0663 e. The Hall–Kier alpha value is 0.250. The zero-order valence-corrected chi connectivity index (χ0v) is 10.8. The van der Waals surface area contributed by atoms with Gasteiger partial charge >= 0.3 is 0 Å². The van der Waals surface area contributed by atoms with Gasteiger partial charge in [0.05, 0.1) is 12.2 Å². The Morgan fingerprint density at radius 1 is 0.938 bits per heavy atom. The Morgan fingerprint density at radius 2 is 1.62 bits per heavy atom. The first-order chi connectivity index (χ1) is 7.81. The van der Waals surface area contributed by atoms with E-state index in [1.165, 1.54) is 57.8 Å². The van der Waals surface area contributed by atoms with Crippen LogP contribution >= 0.6 is 11.6 Å². The highest BCUT2D eigenvalue weighted by atomic mass is 35.5. The lowest BCUT2D eigenvalue weighted by atomic mass is 9.58. The van der Waals surface area contributed by atoms with Crippen molar-refractivity contribution in [1.82, 2.24) is 0 Å². The van der Waals surface area contributed by atoms with Gasteiger partial charge in [0, 0.05) is 10.8 Å². The zero-order chi connectivity index (χ0) is 11.0. The van der Waals surface area contributed by atoms with Crippen LogP contribution in [0.4, 0.5) is 0 Å². The largest absolute Gasteiger partial charge is 0.374 e. The number of alkyl halides is 1. The minimum Gasteiger partial charge on any atom is -0.374 e. The molecule has 0 radical (unpaired) electrons. The topological polar surface area (TPSA) is 9.23 Å².